The van der Waals surface area contributed by atoms with E-state index in [0.717, 1.165) is 41.7 Å². The molecule has 0 rings (SSSR count). The lowest BCUT2D eigenvalue weighted by atomic mass is 10.1. The fourth-order valence-corrected chi connectivity index (χ4v) is 3.20. The Kier molecular flexibility index (Phi) is 16.8. The molecule has 0 aromatic carbocycles. The van der Waals surface area contributed by atoms with E-state index in [2.05, 4.69) is 13.8 Å². The smallest absolute Gasteiger partial charge is 0.320 e. The van der Waals surface area contributed by atoms with Gasteiger partial charge in [0.15, 0.2) is 0 Å². The van der Waals surface area contributed by atoms with Gasteiger partial charge in [0.1, 0.15) is 10.5 Å². The molecule has 0 fully saturated rings. The molecule has 0 saturated heterocycles. The number of halogens is 2. The van der Waals surface area contributed by atoms with Gasteiger partial charge in [-0.1, -0.05) is 6.42 Å². The van der Waals surface area contributed by atoms with Crippen LogP contribution in [0, 0.1) is 0 Å². The summed E-state index contributed by atoms with van der Waals surface area (Å²) in [6.07, 6.45) is 3.14. The Morgan fingerprint density at radius 1 is 1.06 bits per heavy atom. The molecule has 18 heavy (non-hydrogen) atoms. The zero-order valence-corrected chi connectivity index (χ0v) is 17.0. The minimum absolute atomic E-state index is 0.0218. The summed E-state index contributed by atoms with van der Waals surface area (Å²) in [4.78, 5) is 0. The number of hydrogen-bond donors (Lipinski definition) is 0. The van der Waals surface area contributed by atoms with Gasteiger partial charge in [0, 0.05) is 26.0 Å². The second-order valence-corrected chi connectivity index (χ2v) is 8.03. The molecular formula is C11H28Cl2O3Si2. The second-order valence-electron chi connectivity index (χ2n) is 4.49. The highest BCUT2D eigenvalue weighted by Crippen LogP contribution is 2.12. The summed E-state index contributed by atoms with van der Waals surface area (Å²) < 4.78 is 15.5. The molecule has 0 bridgehead atoms. The molecule has 0 atom stereocenters. The number of hydrogen-bond acceptors (Lipinski definition) is 3. The highest BCUT2D eigenvalue weighted by molar-refractivity contribution is 6.44. The van der Waals surface area contributed by atoms with Crippen LogP contribution in [0.1, 0.15) is 33.1 Å². The molecule has 0 N–H and O–H groups in total. The molecular weight excluding hydrogens is 307 g/mol. The van der Waals surface area contributed by atoms with Crippen LogP contribution in [0.15, 0.2) is 0 Å². The number of alkyl halides is 2. The Morgan fingerprint density at radius 2 is 1.61 bits per heavy atom. The molecule has 0 aromatic rings. The van der Waals surface area contributed by atoms with Gasteiger partial charge in [0.25, 0.3) is 0 Å². The molecule has 112 valence electrons. The van der Waals surface area contributed by atoms with Gasteiger partial charge in [0.2, 0.25) is 0 Å². The van der Waals surface area contributed by atoms with Crippen molar-refractivity contribution in [3.63, 3.8) is 0 Å². The number of rotatable bonds is 9. The van der Waals surface area contributed by atoms with Crippen molar-refractivity contribution < 1.29 is 13.3 Å². The third kappa shape index (κ3) is 15.0. The zero-order chi connectivity index (χ0) is 14.4. The topological polar surface area (TPSA) is 27.7 Å². The zero-order valence-electron chi connectivity index (χ0n) is 12.3. The normalized spacial score (nSPS) is 11.5. The summed E-state index contributed by atoms with van der Waals surface area (Å²) in [7, 11) is 2.94. The Balaban J connectivity index is 0. The van der Waals surface area contributed by atoms with E-state index in [9.17, 15) is 0 Å². The van der Waals surface area contributed by atoms with Gasteiger partial charge in [-0.05, 0) is 32.7 Å². The van der Waals surface area contributed by atoms with Crippen LogP contribution in [0.2, 0.25) is 6.04 Å². The van der Waals surface area contributed by atoms with E-state index in [4.69, 9.17) is 36.5 Å². The van der Waals surface area contributed by atoms with Gasteiger partial charge >= 0.3 is 9.28 Å². The van der Waals surface area contributed by atoms with Crippen LogP contribution in [0.25, 0.3) is 0 Å². The standard InChI is InChI=1S/C6H15ClO2Si.C5H13ClOSi/c1-8-10(9-2)6-4-3-5-7;1-5(2,7-8)3-4-6/h10H,3-6H2,1-2H3;3-4H2,1-2,8H3. The maximum atomic E-state index is 5.51. The highest BCUT2D eigenvalue weighted by atomic mass is 35.5. The third-order valence-electron chi connectivity index (χ3n) is 2.60. The first-order valence-electron chi connectivity index (χ1n) is 6.20. The molecule has 0 unspecified atom stereocenters. The van der Waals surface area contributed by atoms with E-state index in [0.29, 0.717) is 5.88 Å². The van der Waals surface area contributed by atoms with E-state index >= 15 is 0 Å². The molecule has 7 heteroatoms. The molecule has 3 nitrogen and oxygen atoms in total. The molecule has 0 aliphatic carbocycles. The van der Waals surface area contributed by atoms with Crippen LogP contribution in [-0.2, 0) is 13.3 Å². The molecule has 0 spiro atoms. The van der Waals surface area contributed by atoms with Crippen LogP contribution in [-0.4, -0.2) is 51.4 Å². The van der Waals surface area contributed by atoms with Gasteiger partial charge in [-0.25, -0.2) is 0 Å². The lowest BCUT2D eigenvalue weighted by Crippen LogP contribution is -2.23. The quantitative estimate of drug-likeness (QED) is 0.367. The Hall–Kier alpha value is 0.894. The Labute approximate surface area is 127 Å². The van der Waals surface area contributed by atoms with Gasteiger partial charge in [-0.3, -0.25) is 0 Å². The summed E-state index contributed by atoms with van der Waals surface area (Å²) >= 11 is 11.0. The Morgan fingerprint density at radius 3 is 1.89 bits per heavy atom. The lowest BCUT2D eigenvalue weighted by molar-refractivity contribution is 0.120. The predicted molar refractivity (Wildman–Crippen MR) is 86.4 cm³/mol. The molecule has 0 saturated carbocycles. The van der Waals surface area contributed by atoms with Crippen molar-refractivity contribution in [3.8, 4) is 0 Å². The molecule has 0 heterocycles. The lowest BCUT2D eigenvalue weighted by Gasteiger charge is -2.21. The van der Waals surface area contributed by atoms with E-state index in [1.807, 2.05) is 0 Å². The third-order valence-corrected chi connectivity index (χ3v) is 6.09. The van der Waals surface area contributed by atoms with Crippen LogP contribution < -0.4 is 0 Å². The summed E-state index contributed by atoms with van der Waals surface area (Å²) in [5, 5.41) is 0. The summed E-state index contributed by atoms with van der Waals surface area (Å²) in [5.41, 5.74) is 0.0218. The van der Waals surface area contributed by atoms with Crippen molar-refractivity contribution in [3.05, 3.63) is 0 Å². The SMILES string of the molecule is CC(C)(CCCl)O[SiH3].CO[SiH](CCCCCl)OC. The van der Waals surface area contributed by atoms with Crippen molar-refractivity contribution in [2.24, 2.45) is 0 Å². The van der Waals surface area contributed by atoms with Crippen molar-refractivity contribution in [1.82, 2.24) is 0 Å². The molecule has 0 aliphatic heterocycles. The predicted octanol–water partition coefficient (Wildman–Crippen LogP) is 2.21. The van der Waals surface area contributed by atoms with Crippen molar-refractivity contribution in [1.29, 1.82) is 0 Å². The summed E-state index contributed by atoms with van der Waals surface area (Å²) in [5.74, 6) is 1.43. The van der Waals surface area contributed by atoms with Crippen molar-refractivity contribution >= 4 is 43.0 Å². The first kappa shape index (κ1) is 21.2. The second kappa shape index (κ2) is 14.3. The fourth-order valence-electron chi connectivity index (χ4n) is 1.07. The monoisotopic (exact) mass is 334 g/mol. The van der Waals surface area contributed by atoms with E-state index in [1.165, 1.54) is 0 Å². The largest absolute Gasteiger partial charge is 0.423 e. The summed E-state index contributed by atoms with van der Waals surface area (Å²) in [6, 6.07) is 1.07. The van der Waals surface area contributed by atoms with Gasteiger partial charge in [0.05, 0.1) is 5.60 Å². The number of unbranched alkanes of at least 4 members (excludes halogenated alkanes) is 1. The molecule has 0 amide bonds. The maximum absolute atomic E-state index is 5.51. The van der Waals surface area contributed by atoms with Gasteiger partial charge < -0.3 is 13.3 Å². The maximum Gasteiger partial charge on any atom is 0.320 e. The first-order chi connectivity index (χ1) is 8.47. The van der Waals surface area contributed by atoms with E-state index in [1.54, 1.807) is 14.2 Å². The molecule has 0 aliphatic rings. The van der Waals surface area contributed by atoms with Gasteiger partial charge in [-0.15, -0.1) is 23.2 Å². The fraction of sp³-hybridized carbons (Fsp3) is 1.00. The van der Waals surface area contributed by atoms with Crippen LogP contribution >= 0.6 is 23.2 Å². The first-order valence-corrected chi connectivity index (χ1v) is 9.84. The minimum Gasteiger partial charge on any atom is -0.423 e. The average molecular weight is 335 g/mol. The van der Waals surface area contributed by atoms with Gasteiger partial charge in [-0.2, -0.15) is 0 Å². The molecule has 0 aromatic heterocycles. The summed E-state index contributed by atoms with van der Waals surface area (Å²) in [6.45, 7) is 4.12. The van der Waals surface area contributed by atoms with Crippen LogP contribution in [0.4, 0.5) is 0 Å². The van der Waals surface area contributed by atoms with E-state index < -0.39 is 9.28 Å². The minimum atomic E-state index is -1.28. The molecule has 0 radical (unpaired) electrons. The highest BCUT2D eigenvalue weighted by Gasteiger charge is 2.13. The van der Waals surface area contributed by atoms with E-state index in [-0.39, 0.29) is 5.60 Å². The van der Waals surface area contributed by atoms with Crippen molar-refractivity contribution in [2.75, 3.05) is 26.0 Å². The van der Waals surface area contributed by atoms with Crippen LogP contribution in [0.3, 0.4) is 0 Å². The Bertz CT molecular complexity index is 170. The average Bonchev–Trinajstić information content (AvgIpc) is 2.36. The van der Waals surface area contributed by atoms with Crippen molar-refractivity contribution in [2.45, 2.75) is 44.8 Å². The van der Waals surface area contributed by atoms with Crippen LogP contribution in [0.5, 0.6) is 0 Å².